The highest BCUT2D eigenvalue weighted by Crippen LogP contribution is 2.35. The minimum atomic E-state index is -1.55. The first-order valence-electron chi connectivity index (χ1n) is 18.8. The number of anilines is 1. The molecule has 310 valence electrons. The molecule has 2 aromatic carbocycles. The molecular formula is C41H49N5O12. The molecule has 1 fully saturated rings. The lowest BCUT2D eigenvalue weighted by molar-refractivity contribution is -0.0886. The third-order valence-electron chi connectivity index (χ3n) is 8.72. The Balaban J connectivity index is 1.62. The van der Waals surface area contributed by atoms with E-state index in [4.69, 9.17) is 34.2 Å². The second-order valence-electron chi connectivity index (χ2n) is 13.3. The molecule has 17 heteroatoms. The van der Waals surface area contributed by atoms with E-state index in [9.17, 15) is 29.1 Å². The largest absolute Gasteiger partial charge is 0.511 e. The number of nitrogens with one attached hydrogen (secondary N) is 4. The molecule has 1 saturated carbocycles. The number of alkyl carbamates (subject to hydrolysis) is 1. The first-order valence-corrected chi connectivity index (χ1v) is 18.8. The van der Waals surface area contributed by atoms with Gasteiger partial charge in [0.2, 0.25) is 6.29 Å². The molecule has 0 spiro atoms. The highest BCUT2D eigenvalue weighted by molar-refractivity contribution is 6.11. The zero-order valence-corrected chi connectivity index (χ0v) is 32.6. The van der Waals surface area contributed by atoms with Gasteiger partial charge in [-0.2, -0.15) is 0 Å². The van der Waals surface area contributed by atoms with Gasteiger partial charge >= 0.3 is 18.2 Å². The van der Waals surface area contributed by atoms with Crippen LogP contribution in [0.3, 0.4) is 0 Å². The van der Waals surface area contributed by atoms with Crippen LogP contribution in [0.4, 0.5) is 15.3 Å². The van der Waals surface area contributed by atoms with Crippen LogP contribution in [0.2, 0.25) is 0 Å². The summed E-state index contributed by atoms with van der Waals surface area (Å²) in [5, 5.41) is 34.7. The Morgan fingerprint density at radius 3 is 2.38 bits per heavy atom. The third-order valence-corrected chi connectivity index (χ3v) is 8.72. The van der Waals surface area contributed by atoms with Gasteiger partial charge in [-0.1, -0.05) is 38.8 Å². The highest BCUT2D eigenvalue weighted by atomic mass is 16.8. The molecule has 1 aliphatic carbocycles. The maximum atomic E-state index is 14.0. The van der Waals surface area contributed by atoms with Crippen molar-refractivity contribution in [2.45, 2.75) is 64.8 Å². The molecule has 0 radical (unpaired) electrons. The van der Waals surface area contributed by atoms with Crippen molar-refractivity contribution in [3.8, 4) is 16.9 Å². The SMILES string of the molecule is C=Cc1cc(C(=O)Nc2ccc(C(=N)NC(=O)OCCCCCC)cc2)c(-c2ccc(C(=O)NCC3CC3)nc2C(=O)OC(C)OC(=O)OCC(O)CO)cc1OC. The number of aliphatic hydroxyl groups is 2. The maximum absolute atomic E-state index is 14.0. The molecule has 3 amide bonds. The summed E-state index contributed by atoms with van der Waals surface area (Å²) in [4.78, 5) is 69.5. The Hall–Kier alpha value is -6.33. The molecule has 3 aromatic rings. The van der Waals surface area contributed by atoms with E-state index in [1.165, 1.54) is 68.6 Å². The fourth-order valence-corrected chi connectivity index (χ4v) is 5.39. The van der Waals surface area contributed by atoms with E-state index in [0.29, 0.717) is 29.3 Å². The summed E-state index contributed by atoms with van der Waals surface area (Å²) >= 11 is 0. The van der Waals surface area contributed by atoms with E-state index in [2.05, 4.69) is 34.4 Å². The lowest BCUT2D eigenvalue weighted by atomic mass is 9.94. The van der Waals surface area contributed by atoms with Crippen molar-refractivity contribution >= 4 is 47.6 Å². The second-order valence-corrected chi connectivity index (χ2v) is 13.3. The van der Waals surface area contributed by atoms with Crippen LogP contribution in [0, 0.1) is 11.3 Å². The van der Waals surface area contributed by atoms with Gasteiger partial charge in [0.05, 0.1) is 20.3 Å². The molecule has 2 unspecified atom stereocenters. The van der Waals surface area contributed by atoms with Gasteiger partial charge in [0.1, 0.15) is 30.0 Å². The molecule has 2 atom stereocenters. The first-order chi connectivity index (χ1) is 27.9. The van der Waals surface area contributed by atoms with Gasteiger partial charge < -0.3 is 44.5 Å². The average Bonchev–Trinajstić information content (AvgIpc) is 4.06. The van der Waals surface area contributed by atoms with Crippen LogP contribution in [0.25, 0.3) is 17.2 Å². The molecular weight excluding hydrogens is 754 g/mol. The van der Waals surface area contributed by atoms with Crippen molar-refractivity contribution in [2.24, 2.45) is 5.92 Å². The minimum absolute atomic E-state index is 0.0352. The monoisotopic (exact) mass is 803 g/mol. The summed E-state index contributed by atoms with van der Waals surface area (Å²) in [6, 6.07) is 11.9. The van der Waals surface area contributed by atoms with Crippen LogP contribution >= 0.6 is 0 Å². The number of aromatic nitrogens is 1. The quantitative estimate of drug-likeness (QED) is 0.0209. The number of unbranched alkanes of at least 4 members (excludes halogenated alkanes) is 3. The number of methoxy groups -OCH3 is 1. The molecule has 1 aromatic heterocycles. The number of benzene rings is 2. The molecule has 0 bridgehead atoms. The highest BCUT2D eigenvalue weighted by Gasteiger charge is 2.28. The van der Waals surface area contributed by atoms with Crippen LogP contribution in [-0.2, 0) is 18.9 Å². The van der Waals surface area contributed by atoms with Crippen LogP contribution in [0.5, 0.6) is 5.75 Å². The first kappa shape index (κ1) is 44.4. The van der Waals surface area contributed by atoms with Gasteiger partial charge in [-0.15, -0.1) is 0 Å². The van der Waals surface area contributed by atoms with Crippen molar-refractivity contribution in [1.29, 1.82) is 5.41 Å². The van der Waals surface area contributed by atoms with Gasteiger partial charge in [-0.25, -0.2) is 19.4 Å². The fourth-order valence-electron chi connectivity index (χ4n) is 5.39. The summed E-state index contributed by atoms with van der Waals surface area (Å²) in [6.07, 6.45) is 2.26. The van der Waals surface area contributed by atoms with E-state index in [-0.39, 0.29) is 40.6 Å². The Morgan fingerprint density at radius 2 is 1.72 bits per heavy atom. The molecule has 0 saturated heterocycles. The van der Waals surface area contributed by atoms with Crippen molar-refractivity contribution in [1.82, 2.24) is 15.6 Å². The number of carbonyl (C=O) groups excluding carboxylic acids is 5. The molecule has 1 heterocycles. The summed E-state index contributed by atoms with van der Waals surface area (Å²) in [5.41, 5.74) is 0.814. The van der Waals surface area contributed by atoms with Gasteiger partial charge in [-0.3, -0.25) is 20.3 Å². The Labute approximate surface area is 335 Å². The smallest absolute Gasteiger partial charge is 0.496 e. The topological polar surface area (TPSA) is 245 Å². The lowest BCUT2D eigenvalue weighted by Crippen LogP contribution is -2.31. The van der Waals surface area contributed by atoms with Crippen molar-refractivity contribution < 1.29 is 57.9 Å². The van der Waals surface area contributed by atoms with Crippen molar-refractivity contribution in [3.63, 3.8) is 0 Å². The number of hydrogen-bond acceptors (Lipinski definition) is 14. The minimum Gasteiger partial charge on any atom is -0.496 e. The third kappa shape index (κ3) is 13.1. The van der Waals surface area contributed by atoms with Crippen LogP contribution in [-0.4, -0.2) is 96.9 Å². The summed E-state index contributed by atoms with van der Waals surface area (Å²) < 4.78 is 25.7. The Morgan fingerprint density at radius 1 is 0.983 bits per heavy atom. The molecule has 1 aliphatic rings. The zero-order valence-electron chi connectivity index (χ0n) is 32.6. The van der Waals surface area contributed by atoms with Crippen LogP contribution in [0.15, 0.2) is 55.1 Å². The van der Waals surface area contributed by atoms with Gasteiger partial charge in [0.15, 0.2) is 5.69 Å². The molecule has 6 N–H and O–H groups in total. The maximum Gasteiger partial charge on any atom is 0.511 e. The summed E-state index contributed by atoms with van der Waals surface area (Å²) in [7, 11) is 1.41. The molecule has 17 nitrogen and oxygen atoms in total. The number of aliphatic hydroxyl groups excluding tert-OH is 2. The van der Waals surface area contributed by atoms with Crippen molar-refractivity contribution in [2.75, 3.05) is 38.8 Å². The van der Waals surface area contributed by atoms with Gasteiger partial charge in [-0.05, 0) is 73.7 Å². The number of ether oxygens (including phenoxy) is 5. The molecule has 58 heavy (non-hydrogen) atoms. The van der Waals surface area contributed by atoms with Gasteiger partial charge in [0, 0.05) is 47.0 Å². The lowest BCUT2D eigenvalue weighted by Gasteiger charge is -2.18. The zero-order chi connectivity index (χ0) is 42.2. The van der Waals surface area contributed by atoms with Gasteiger partial charge in [0.25, 0.3) is 11.8 Å². The predicted molar refractivity (Wildman–Crippen MR) is 212 cm³/mol. The number of nitrogens with zero attached hydrogens (tertiary/aromatic N) is 1. The van der Waals surface area contributed by atoms with Crippen LogP contribution in [0.1, 0.15) is 94.8 Å². The number of pyridine rings is 1. The number of amidine groups is 1. The predicted octanol–water partition coefficient (Wildman–Crippen LogP) is 5.43. The number of esters is 1. The fraction of sp³-hybridized carbons (Fsp3) is 0.390. The second kappa shape index (κ2) is 21.8. The molecule has 0 aliphatic heterocycles. The number of hydrogen-bond donors (Lipinski definition) is 6. The van der Waals surface area contributed by atoms with Crippen molar-refractivity contribution in [3.05, 3.63) is 83.2 Å². The standard InChI is InChI=1S/C41H49N5O12/c1-5-7-8-9-18-55-40(52)46-36(42)27-12-14-28(15-13-27)44-37(49)32-19-26(6-2)34(54-4)20-31(32)30-16-17-33(38(50)43-21-25-10-11-25)45-35(30)39(51)57-24(3)58-41(53)56-23-29(48)22-47/h6,12-17,19-20,24-25,29,47-48H,2,5,7-11,18,21-23H2,1,3-4H3,(H,43,50)(H,44,49)(H2,42,46,52). The van der Waals surface area contributed by atoms with E-state index in [0.717, 1.165) is 38.5 Å². The normalized spacial score (nSPS) is 12.9. The Bertz CT molecular complexity index is 1970. The number of carbonyl (C=O) groups is 5. The average molecular weight is 804 g/mol. The van der Waals surface area contributed by atoms with E-state index >= 15 is 0 Å². The summed E-state index contributed by atoms with van der Waals surface area (Å²) in [5.74, 6) is -1.87. The van der Waals surface area contributed by atoms with E-state index < -0.39 is 61.3 Å². The van der Waals surface area contributed by atoms with E-state index in [1.54, 1.807) is 0 Å². The number of rotatable bonds is 20. The summed E-state index contributed by atoms with van der Waals surface area (Å²) in [6.45, 7) is 6.55. The number of amides is 3. The Kier molecular flexibility index (Phi) is 16.7. The molecule has 4 rings (SSSR count). The van der Waals surface area contributed by atoms with E-state index in [1.807, 2.05) is 0 Å². The van der Waals surface area contributed by atoms with Crippen LogP contribution < -0.4 is 20.7 Å².